The summed E-state index contributed by atoms with van der Waals surface area (Å²) in [5, 5.41) is 10.6. The van der Waals surface area contributed by atoms with Crippen LogP contribution in [0.1, 0.15) is 39.5 Å². The third kappa shape index (κ3) is 4.06. The lowest BCUT2D eigenvalue weighted by Crippen LogP contribution is -2.60. The molecule has 8 nitrogen and oxygen atoms in total. The molecule has 7 atom stereocenters. The van der Waals surface area contributed by atoms with Gasteiger partial charge in [-0.25, -0.2) is 9.11 Å². The van der Waals surface area contributed by atoms with E-state index in [9.17, 15) is 18.3 Å². The second-order valence-corrected chi connectivity index (χ2v) is 11.0. The lowest BCUT2D eigenvalue weighted by molar-refractivity contribution is -0.120. The van der Waals surface area contributed by atoms with Gasteiger partial charge in [0.1, 0.15) is 6.17 Å². The van der Waals surface area contributed by atoms with E-state index in [1.165, 1.54) is 0 Å². The first-order chi connectivity index (χ1) is 13.7. The number of aliphatic hydroxyl groups is 1. The zero-order valence-corrected chi connectivity index (χ0v) is 17.9. The van der Waals surface area contributed by atoms with Crippen LogP contribution in [0.2, 0.25) is 0 Å². The van der Waals surface area contributed by atoms with Gasteiger partial charge in [0.15, 0.2) is 0 Å². The highest BCUT2D eigenvalue weighted by Gasteiger charge is 2.54. The Hall–Kier alpha value is -0.810. The lowest BCUT2D eigenvalue weighted by atomic mass is 9.65. The van der Waals surface area contributed by atoms with E-state index in [0.717, 1.165) is 30.2 Å². The van der Waals surface area contributed by atoms with Crippen molar-refractivity contribution in [3.63, 3.8) is 0 Å². The molecule has 2 heterocycles. The van der Waals surface area contributed by atoms with Crippen LogP contribution >= 0.6 is 0 Å². The summed E-state index contributed by atoms with van der Waals surface area (Å²) in [5.41, 5.74) is 0. The van der Waals surface area contributed by atoms with Gasteiger partial charge in [0, 0.05) is 19.1 Å². The van der Waals surface area contributed by atoms with Crippen LogP contribution in [0.15, 0.2) is 0 Å². The molecule has 4 aliphatic rings. The first kappa shape index (κ1) is 21.4. The molecule has 0 aromatic rings. The molecule has 166 valence electrons. The quantitative estimate of drug-likeness (QED) is 0.663. The van der Waals surface area contributed by atoms with Gasteiger partial charge in [0.25, 0.3) is 0 Å². The third-order valence-corrected chi connectivity index (χ3v) is 8.74. The number of carbonyl (C=O) groups excluding carboxylic acids is 1. The summed E-state index contributed by atoms with van der Waals surface area (Å²) in [6, 6.07) is -0.961. The third-order valence-electron chi connectivity index (χ3n) is 7.26. The smallest absolute Gasteiger partial charge is 0.304 e. The fourth-order valence-corrected chi connectivity index (χ4v) is 7.02. The van der Waals surface area contributed by atoms with Gasteiger partial charge in [-0.15, -0.1) is 0 Å². The van der Waals surface area contributed by atoms with E-state index in [4.69, 9.17) is 4.74 Å². The topological polar surface area (TPSA) is 99.2 Å². The number of nitrogens with zero attached hydrogens (tertiary/aromatic N) is 2. The van der Waals surface area contributed by atoms with Gasteiger partial charge in [-0.3, -0.25) is 9.69 Å². The minimum absolute atomic E-state index is 0.0448. The number of nitrogens with one attached hydrogen (secondary N) is 1. The fourth-order valence-electron chi connectivity index (χ4n) is 5.68. The number of amides is 1. The number of hydrogen-bond acceptors (Lipinski definition) is 6. The van der Waals surface area contributed by atoms with Crippen LogP contribution in [0.4, 0.5) is 4.39 Å². The molecule has 1 amide bonds. The molecule has 0 radical (unpaired) electrons. The van der Waals surface area contributed by atoms with E-state index >= 15 is 4.39 Å². The molecule has 2 aliphatic carbocycles. The number of aliphatic hydroxyl groups excluding tert-OH is 1. The van der Waals surface area contributed by atoms with Crippen LogP contribution in [-0.4, -0.2) is 85.3 Å². The summed E-state index contributed by atoms with van der Waals surface area (Å²) in [5.74, 6) is -0.527. The van der Waals surface area contributed by atoms with Gasteiger partial charge in [0.05, 0.1) is 31.4 Å². The molecule has 10 heteroatoms. The molecule has 2 N–H and O–H groups in total. The summed E-state index contributed by atoms with van der Waals surface area (Å²) in [6.07, 6.45) is 0.395. The lowest BCUT2D eigenvalue weighted by Gasteiger charge is -2.50. The molecule has 6 unspecified atom stereocenters. The number of rotatable bonds is 3. The number of fused-ring (bicyclic) bond motifs is 1. The summed E-state index contributed by atoms with van der Waals surface area (Å²) in [6.45, 7) is 6.19. The van der Waals surface area contributed by atoms with Gasteiger partial charge in [-0.2, -0.15) is 12.7 Å². The number of hydrogen-bond donors (Lipinski definition) is 2. The zero-order valence-electron chi connectivity index (χ0n) is 17.0. The molecule has 0 aromatic carbocycles. The second-order valence-electron chi connectivity index (χ2n) is 9.35. The Labute approximate surface area is 171 Å². The summed E-state index contributed by atoms with van der Waals surface area (Å²) < 4.78 is 48.7. The van der Waals surface area contributed by atoms with Crippen LogP contribution in [-0.2, 0) is 19.7 Å². The highest BCUT2D eigenvalue weighted by molar-refractivity contribution is 7.88. The van der Waals surface area contributed by atoms with Crippen molar-refractivity contribution in [3.8, 4) is 0 Å². The van der Waals surface area contributed by atoms with Crippen LogP contribution in [0.3, 0.4) is 0 Å². The molecule has 4 fully saturated rings. The molecule has 0 aromatic heterocycles. The van der Waals surface area contributed by atoms with Gasteiger partial charge >= 0.3 is 10.2 Å². The Kier molecular flexibility index (Phi) is 5.93. The Bertz CT molecular complexity index is 735. The van der Waals surface area contributed by atoms with Crippen LogP contribution in [0, 0.1) is 17.8 Å². The van der Waals surface area contributed by atoms with Crippen molar-refractivity contribution >= 4 is 16.1 Å². The van der Waals surface area contributed by atoms with Crippen molar-refractivity contribution < 1.29 is 27.4 Å². The monoisotopic (exact) mass is 433 g/mol. The van der Waals surface area contributed by atoms with Crippen molar-refractivity contribution in [1.82, 2.24) is 13.9 Å². The number of ether oxygens (including phenoxy) is 1. The van der Waals surface area contributed by atoms with Crippen molar-refractivity contribution in [3.05, 3.63) is 0 Å². The number of carbonyl (C=O) groups is 1. The molecule has 0 bridgehead atoms. The minimum atomic E-state index is -4.08. The van der Waals surface area contributed by atoms with E-state index in [-0.39, 0.29) is 24.0 Å². The average molecular weight is 434 g/mol. The SMILES string of the molecule is CC(C)[C@@H]1CN(C2CCC3CC(O)C(N4CC(=O)NS4(=O)=O)C(F)C3C2)CCO1. The maximum absolute atomic E-state index is 15.7. The van der Waals surface area contributed by atoms with E-state index in [2.05, 4.69) is 18.7 Å². The number of morpholine rings is 1. The van der Waals surface area contributed by atoms with Crippen molar-refractivity contribution in [2.24, 2.45) is 17.8 Å². The summed E-state index contributed by atoms with van der Waals surface area (Å²) in [4.78, 5) is 14.0. The van der Waals surface area contributed by atoms with Gasteiger partial charge in [0.2, 0.25) is 5.91 Å². The Morgan fingerprint density at radius 2 is 2.03 bits per heavy atom. The highest BCUT2D eigenvalue weighted by Crippen LogP contribution is 2.45. The predicted octanol–water partition coefficient (Wildman–Crippen LogP) is 0.276. The Morgan fingerprint density at radius 1 is 1.28 bits per heavy atom. The zero-order chi connectivity index (χ0) is 20.9. The molecular weight excluding hydrogens is 401 g/mol. The van der Waals surface area contributed by atoms with Crippen LogP contribution < -0.4 is 4.72 Å². The molecule has 29 heavy (non-hydrogen) atoms. The number of halogens is 1. The summed E-state index contributed by atoms with van der Waals surface area (Å²) in [7, 11) is -4.08. The minimum Gasteiger partial charge on any atom is -0.391 e. The largest absolute Gasteiger partial charge is 0.391 e. The number of alkyl halides is 1. The van der Waals surface area contributed by atoms with E-state index in [0.29, 0.717) is 25.4 Å². The fraction of sp³-hybridized carbons (Fsp3) is 0.947. The molecule has 0 spiro atoms. The van der Waals surface area contributed by atoms with Crippen molar-refractivity contribution in [2.75, 3.05) is 26.2 Å². The first-order valence-corrected chi connectivity index (χ1v) is 12.1. The molecular formula is C19H32FN3O5S. The van der Waals surface area contributed by atoms with Gasteiger partial charge < -0.3 is 9.84 Å². The molecule has 4 rings (SSSR count). The van der Waals surface area contributed by atoms with Crippen molar-refractivity contribution in [1.29, 1.82) is 0 Å². The normalized spacial score (nSPS) is 43.9. The van der Waals surface area contributed by atoms with Gasteiger partial charge in [-0.1, -0.05) is 13.8 Å². The maximum atomic E-state index is 15.7. The van der Waals surface area contributed by atoms with Crippen LogP contribution in [0.25, 0.3) is 0 Å². The van der Waals surface area contributed by atoms with Gasteiger partial charge in [-0.05, 0) is 43.4 Å². The predicted molar refractivity (Wildman–Crippen MR) is 104 cm³/mol. The highest BCUT2D eigenvalue weighted by atomic mass is 32.2. The molecule has 2 saturated heterocycles. The molecule has 2 aliphatic heterocycles. The molecule has 2 saturated carbocycles. The Morgan fingerprint density at radius 3 is 2.69 bits per heavy atom. The van der Waals surface area contributed by atoms with E-state index < -0.39 is 41.0 Å². The standard InChI is InChI=1S/C19H32FN3O5S/c1-11(2)16-9-22(5-6-28-16)13-4-3-12-7-15(24)19(18(20)14(12)8-13)23-10-17(25)21-29(23,26)27/h11-16,18-19,24H,3-10H2,1-2H3,(H,21,25)/t12?,13?,14?,15?,16-,18?,19?/m0/s1. The maximum Gasteiger partial charge on any atom is 0.304 e. The second kappa shape index (κ2) is 8.03. The summed E-state index contributed by atoms with van der Waals surface area (Å²) >= 11 is 0. The van der Waals surface area contributed by atoms with E-state index in [1.54, 1.807) is 0 Å². The Balaban J connectivity index is 1.49. The van der Waals surface area contributed by atoms with Crippen LogP contribution in [0.5, 0.6) is 0 Å². The average Bonchev–Trinajstić information content (AvgIpc) is 2.93. The first-order valence-electron chi connectivity index (χ1n) is 10.7. The van der Waals surface area contributed by atoms with E-state index in [1.807, 2.05) is 4.72 Å². The van der Waals surface area contributed by atoms with Crippen molar-refractivity contribution in [2.45, 2.75) is 70.0 Å².